The van der Waals surface area contributed by atoms with Crippen LogP contribution < -0.4 is 4.74 Å². The summed E-state index contributed by atoms with van der Waals surface area (Å²) in [5.74, 6) is 0.203. The maximum Gasteiger partial charge on any atom is 0.338 e. The summed E-state index contributed by atoms with van der Waals surface area (Å²) in [5.41, 5.74) is 1.54. The van der Waals surface area contributed by atoms with E-state index in [0.717, 1.165) is 12.1 Å². The average Bonchev–Trinajstić information content (AvgIpc) is 2.68. The number of nitrogens with zero attached hydrogens (tertiary/aromatic N) is 2. The van der Waals surface area contributed by atoms with E-state index in [1.165, 1.54) is 7.11 Å². The highest BCUT2D eigenvalue weighted by atomic mass is 35.5. The summed E-state index contributed by atoms with van der Waals surface area (Å²) in [6, 6.07) is 11.0. The molecule has 0 bridgehead atoms. The fourth-order valence-electron chi connectivity index (χ4n) is 2.86. The molecule has 3 rings (SSSR count). The van der Waals surface area contributed by atoms with Crippen molar-refractivity contribution in [1.29, 1.82) is 0 Å². The second kappa shape index (κ2) is 8.98. The van der Waals surface area contributed by atoms with Crippen LogP contribution in [-0.2, 0) is 16.0 Å². The Hall–Kier alpha value is -2.15. The lowest BCUT2D eigenvalue weighted by molar-refractivity contribution is -0.0510. The van der Waals surface area contributed by atoms with Crippen molar-refractivity contribution < 1.29 is 19.0 Å². The Bertz CT molecular complexity index is 739. The zero-order chi connectivity index (χ0) is 18.4. The van der Waals surface area contributed by atoms with E-state index in [0.29, 0.717) is 42.8 Å². The lowest BCUT2D eigenvalue weighted by Gasteiger charge is -2.33. The summed E-state index contributed by atoms with van der Waals surface area (Å²) in [5, 5.41) is 0.571. The summed E-state index contributed by atoms with van der Waals surface area (Å²) in [7, 11) is 1.39. The van der Waals surface area contributed by atoms with Gasteiger partial charge in [-0.25, -0.2) is 9.78 Å². The second-order valence-corrected chi connectivity index (χ2v) is 6.44. The first kappa shape index (κ1) is 18.6. The summed E-state index contributed by atoms with van der Waals surface area (Å²) in [6.45, 7) is 3.19. The topological polar surface area (TPSA) is 60.9 Å². The molecular weight excluding hydrogens is 356 g/mol. The second-order valence-electron chi connectivity index (χ2n) is 6.00. The predicted octanol–water partition coefficient (Wildman–Crippen LogP) is 2.80. The van der Waals surface area contributed by atoms with Crippen LogP contribution in [0, 0.1) is 0 Å². The van der Waals surface area contributed by atoms with Crippen LogP contribution in [0.25, 0.3) is 0 Å². The molecule has 0 spiro atoms. The molecule has 6 nitrogen and oxygen atoms in total. The number of hydrogen-bond donors (Lipinski definition) is 0. The molecular formula is C19H21ClN2O4. The molecule has 1 aliphatic heterocycles. The van der Waals surface area contributed by atoms with Gasteiger partial charge in [-0.2, -0.15) is 0 Å². The first-order valence-electron chi connectivity index (χ1n) is 8.40. The molecule has 0 saturated carbocycles. The first-order valence-corrected chi connectivity index (χ1v) is 8.78. The number of morpholine rings is 1. The molecule has 26 heavy (non-hydrogen) atoms. The number of carbonyl (C=O) groups is 1. The van der Waals surface area contributed by atoms with Gasteiger partial charge < -0.3 is 14.2 Å². The highest BCUT2D eigenvalue weighted by Gasteiger charge is 2.23. The number of hydrogen-bond acceptors (Lipinski definition) is 6. The van der Waals surface area contributed by atoms with Crippen molar-refractivity contribution in [2.75, 3.05) is 33.4 Å². The Balaban J connectivity index is 1.57. The van der Waals surface area contributed by atoms with Crippen LogP contribution in [0.15, 0.2) is 42.6 Å². The van der Waals surface area contributed by atoms with Gasteiger partial charge in [0.25, 0.3) is 0 Å². The molecule has 1 aliphatic rings. The van der Waals surface area contributed by atoms with Crippen molar-refractivity contribution in [3.8, 4) is 5.88 Å². The van der Waals surface area contributed by atoms with E-state index in [4.69, 9.17) is 25.8 Å². The van der Waals surface area contributed by atoms with E-state index in [2.05, 4.69) is 9.88 Å². The van der Waals surface area contributed by atoms with Crippen LogP contribution in [0.3, 0.4) is 0 Å². The van der Waals surface area contributed by atoms with Crippen molar-refractivity contribution in [1.82, 2.24) is 9.88 Å². The number of aromatic nitrogens is 1. The van der Waals surface area contributed by atoms with Crippen molar-refractivity contribution >= 4 is 17.6 Å². The summed E-state index contributed by atoms with van der Waals surface area (Å²) in [6.07, 6.45) is 1.49. The molecule has 138 valence electrons. The Morgan fingerprint density at radius 3 is 2.96 bits per heavy atom. The standard InChI is InChI=1S/C19H21ClN2O4/c1-24-19(23)17-5-3-2-4-14(17)11-22-8-9-25-16(12-22)13-26-18-7-6-15(20)10-21-18/h2-7,10,16H,8-9,11-13H2,1H3. The van der Waals surface area contributed by atoms with Crippen molar-refractivity contribution in [2.45, 2.75) is 12.6 Å². The number of ether oxygens (including phenoxy) is 3. The summed E-state index contributed by atoms with van der Waals surface area (Å²) < 4.78 is 16.3. The van der Waals surface area contributed by atoms with Crippen LogP contribution in [0.5, 0.6) is 5.88 Å². The van der Waals surface area contributed by atoms with E-state index in [1.807, 2.05) is 18.2 Å². The van der Waals surface area contributed by atoms with Gasteiger partial charge in [-0.15, -0.1) is 0 Å². The minimum atomic E-state index is -0.317. The third-order valence-corrected chi connectivity index (χ3v) is 4.38. The number of rotatable bonds is 6. The third kappa shape index (κ3) is 4.94. The van der Waals surface area contributed by atoms with Gasteiger partial charge in [-0.05, 0) is 17.7 Å². The zero-order valence-corrected chi connectivity index (χ0v) is 15.3. The number of halogens is 1. The molecule has 1 unspecified atom stereocenters. The lowest BCUT2D eigenvalue weighted by Crippen LogP contribution is -2.44. The Labute approximate surface area is 157 Å². The van der Waals surface area contributed by atoms with Gasteiger partial charge in [-0.1, -0.05) is 29.8 Å². The predicted molar refractivity (Wildman–Crippen MR) is 97.5 cm³/mol. The van der Waals surface area contributed by atoms with Gasteiger partial charge in [0.15, 0.2) is 0 Å². The van der Waals surface area contributed by atoms with E-state index in [9.17, 15) is 4.79 Å². The van der Waals surface area contributed by atoms with Gasteiger partial charge >= 0.3 is 5.97 Å². The molecule has 2 heterocycles. The van der Waals surface area contributed by atoms with E-state index < -0.39 is 0 Å². The Morgan fingerprint density at radius 1 is 1.35 bits per heavy atom. The molecule has 1 aromatic heterocycles. The normalized spacial score (nSPS) is 17.7. The molecule has 0 N–H and O–H groups in total. The quantitative estimate of drug-likeness (QED) is 0.722. The Kier molecular flexibility index (Phi) is 6.44. The maximum atomic E-state index is 11.9. The number of carbonyl (C=O) groups excluding carboxylic acids is 1. The minimum absolute atomic E-state index is 0.0634. The van der Waals surface area contributed by atoms with Crippen molar-refractivity contribution in [2.24, 2.45) is 0 Å². The molecule has 1 atom stereocenters. The number of benzene rings is 1. The van der Waals surface area contributed by atoms with E-state index in [-0.39, 0.29) is 12.1 Å². The van der Waals surface area contributed by atoms with Crippen LogP contribution in [0.1, 0.15) is 15.9 Å². The monoisotopic (exact) mass is 376 g/mol. The van der Waals surface area contributed by atoms with Gasteiger partial charge in [0, 0.05) is 31.9 Å². The average molecular weight is 377 g/mol. The number of pyridine rings is 1. The molecule has 0 aliphatic carbocycles. The van der Waals surface area contributed by atoms with Crippen molar-refractivity contribution in [3.05, 3.63) is 58.7 Å². The zero-order valence-electron chi connectivity index (χ0n) is 14.6. The molecule has 1 saturated heterocycles. The summed E-state index contributed by atoms with van der Waals surface area (Å²) in [4.78, 5) is 18.3. The van der Waals surface area contributed by atoms with Gasteiger partial charge in [-0.3, -0.25) is 4.90 Å². The van der Waals surface area contributed by atoms with Crippen LogP contribution in [0.2, 0.25) is 5.02 Å². The third-order valence-electron chi connectivity index (χ3n) is 4.16. The number of methoxy groups -OCH3 is 1. The smallest absolute Gasteiger partial charge is 0.338 e. The summed E-state index contributed by atoms with van der Waals surface area (Å²) >= 11 is 5.82. The van der Waals surface area contributed by atoms with E-state index in [1.54, 1.807) is 24.4 Å². The highest BCUT2D eigenvalue weighted by Crippen LogP contribution is 2.17. The molecule has 7 heteroatoms. The lowest BCUT2D eigenvalue weighted by atomic mass is 10.1. The maximum absolute atomic E-state index is 11.9. The SMILES string of the molecule is COC(=O)c1ccccc1CN1CCOC(COc2ccc(Cl)cn2)C1. The van der Waals surface area contributed by atoms with Gasteiger partial charge in [0.1, 0.15) is 12.7 Å². The van der Waals surface area contributed by atoms with Crippen LogP contribution >= 0.6 is 11.6 Å². The van der Waals surface area contributed by atoms with Crippen molar-refractivity contribution in [3.63, 3.8) is 0 Å². The molecule has 1 fully saturated rings. The molecule has 0 radical (unpaired) electrons. The first-order chi connectivity index (χ1) is 12.7. The highest BCUT2D eigenvalue weighted by molar-refractivity contribution is 6.30. The fraction of sp³-hybridized carbons (Fsp3) is 0.368. The molecule has 2 aromatic rings. The Morgan fingerprint density at radius 2 is 2.19 bits per heavy atom. The minimum Gasteiger partial charge on any atom is -0.475 e. The molecule has 1 aromatic carbocycles. The van der Waals surface area contributed by atoms with Gasteiger partial charge in [0.2, 0.25) is 5.88 Å². The molecule has 0 amide bonds. The van der Waals surface area contributed by atoms with Crippen LogP contribution in [0.4, 0.5) is 0 Å². The van der Waals surface area contributed by atoms with E-state index >= 15 is 0 Å². The van der Waals surface area contributed by atoms with Crippen LogP contribution in [-0.4, -0.2) is 55.4 Å². The van der Waals surface area contributed by atoms with Gasteiger partial charge in [0.05, 0.1) is 24.3 Å². The fourth-order valence-corrected chi connectivity index (χ4v) is 2.97. The number of esters is 1. The largest absolute Gasteiger partial charge is 0.475 e.